The molecule has 2 aromatic heterocycles. The molecule has 0 fully saturated rings. The Balaban J connectivity index is 1.98. The largest absolute Gasteiger partial charge is 0.481 e. The van der Waals surface area contributed by atoms with E-state index in [9.17, 15) is 4.79 Å². The van der Waals surface area contributed by atoms with Crippen molar-refractivity contribution in [2.24, 2.45) is 0 Å². The fourth-order valence-corrected chi connectivity index (χ4v) is 2.41. The maximum Gasteiger partial charge on any atom is 0.303 e. The van der Waals surface area contributed by atoms with Gasteiger partial charge in [-0.05, 0) is 24.3 Å². The average Bonchev–Trinajstić information content (AvgIpc) is 2.72. The van der Waals surface area contributed by atoms with Crippen molar-refractivity contribution >= 4 is 23.4 Å². The summed E-state index contributed by atoms with van der Waals surface area (Å²) in [6.07, 6.45) is 4.59. The van der Waals surface area contributed by atoms with Crippen molar-refractivity contribution in [3.8, 4) is 0 Å². The Kier molecular flexibility index (Phi) is 3.46. The van der Waals surface area contributed by atoms with Crippen LogP contribution in [0.25, 0.3) is 5.65 Å². The summed E-state index contributed by atoms with van der Waals surface area (Å²) < 4.78 is 2.01. The minimum absolute atomic E-state index is 0.229. The Hall–Kier alpha value is -1.49. The van der Waals surface area contributed by atoms with Crippen molar-refractivity contribution in [1.82, 2.24) is 9.38 Å². The number of imidazole rings is 1. The van der Waals surface area contributed by atoms with Gasteiger partial charge in [0.05, 0.1) is 5.03 Å². The number of hydrogen-bond donors (Lipinski definition) is 1. The number of pyridine rings is 1. The van der Waals surface area contributed by atoms with Gasteiger partial charge in [0.15, 0.2) is 0 Å². The quantitative estimate of drug-likeness (QED) is 0.639. The van der Waals surface area contributed by atoms with Crippen LogP contribution < -0.4 is 0 Å². The van der Waals surface area contributed by atoms with Crippen LogP contribution in [-0.4, -0.2) is 26.2 Å². The number of carboxylic acid groups (broad SMARTS) is 1. The van der Waals surface area contributed by atoms with Crippen LogP contribution in [0.2, 0.25) is 0 Å². The Labute approximate surface area is 97.3 Å². The molecule has 0 unspecified atom stereocenters. The highest BCUT2D eigenvalue weighted by molar-refractivity contribution is 7.99. The molecule has 0 saturated heterocycles. The topological polar surface area (TPSA) is 54.6 Å². The Morgan fingerprint density at radius 1 is 1.50 bits per heavy atom. The molecule has 0 amide bonds. The van der Waals surface area contributed by atoms with Gasteiger partial charge in [0.25, 0.3) is 0 Å². The zero-order valence-corrected chi connectivity index (χ0v) is 9.48. The summed E-state index contributed by atoms with van der Waals surface area (Å²) in [5.41, 5.74) is 0.920. The van der Waals surface area contributed by atoms with Gasteiger partial charge in [-0.25, -0.2) is 4.98 Å². The van der Waals surface area contributed by atoms with E-state index in [1.54, 1.807) is 18.0 Å². The molecule has 0 atom stereocenters. The predicted octanol–water partition coefficient (Wildman–Crippen LogP) is 2.29. The number of aliphatic carboxylic acids is 1. The summed E-state index contributed by atoms with van der Waals surface area (Å²) in [7, 11) is 0. The molecule has 0 aliphatic carbocycles. The lowest BCUT2D eigenvalue weighted by molar-refractivity contribution is -0.137. The second-order valence-corrected chi connectivity index (χ2v) is 4.48. The number of thioether (sulfide) groups is 1. The van der Waals surface area contributed by atoms with Gasteiger partial charge in [-0.2, -0.15) is 0 Å². The third kappa shape index (κ3) is 2.55. The van der Waals surface area contributed by atoms with Crippen molar-refractivity contribution < 1.29 is 9.90 Å². The molecule has 84 valence electrons. The van der Waals surface area contributed by atoms with Crippen LogP contribution in [0.15, 0.2) is 35.6 Å². The number of carboxylic acids is 1. The normalized spacial score (nSPS) is 10.8. The predicted molar refractivity (Wildman–Crippen MR) is 62.8 cm³/mol. The van der Waals surface area contributed by atoms with Crippen LogP contribution in [0.1, 0.15) is 12.8 Å². The second-order valence-electron chi connectivity index (χ2n) is 3.37. The van der Waals surface area contributed by atoms with Gasteiger partial charge >= 0.3 is 5.97 Å². The van der Waals surface area contributed by atoms with Crippen molar-refractivity contribution in [1.29, 1.82) is 0 Å². The van der Waals surface area contributed by atoms with Crippen LogP contribution in [0, 0.1) is 0 Å². The Bertz CT molecular complexity index is 495. The highest BCUT2D eigenvalue weighted by Gasteiger charge is 2.02. The first-order valence-corrected chi connectivity index (χ1v) is 6.02. The molecule has 0 spiro atoms. The van der Waals surface area contributed by atoms with Crippen LogP contribution in [-0.2, 0) is 4.79 Å². The summed E-state index contributed by atoms with van der Waals surface area (Å²) >= 11 is 1.66. The minimum atomic E-state index is -0.735. The average molecular weight is 236 g/mol. The van der Waals surface area contributed by atoms with Crippen LogP contribution in [0.3, 0.4) is 0 Å². The van der Waals surface area contributed by atoms with Gasteiger partial charge in [0.1, 0.15) is 5.65 Å². The maximum absolute atomic E-state index is 10.4. The second kappa shape index (κ2) is 5.03. The summed E-state index contributed by atoms with van der Waals surface area (Å²) in [6, 6.07) is 5.92. The molecule has 2 rings (SSSR count). The van der Waals surface area contributed by atoms with Gasteiger partial charge in [0.2, 0.25) is 0 Å². The molecule has 5 heteroatoms. The molecule has 0 radical (unpaired) electrons. The van der Waals surface area contributed by atoms with Crippen LogP contribution in [0.4, 0.5) is 0 Å². The minimum Gasteiger partial charge on any atom is -0.481 e. The van der Waals surface area contributed by atoms with E-state index in [0.29, 0.717) is 6.42 Å². The maximum atomic E-state index is 10.4. The van der Waals surface area contributed by atoms with Gasteiger partial charge < -0.3 is 5.11 Å². The first-order chi connectivity index (χ1) is 7.77. The van der Waals surface area contributed by atoms with Gasteiger partial charge in [-0.15, -0.1) is 11.8 Å². The first kappa shape index (κ1) is 11.0. The molecular formula is C11H12N2O2S. The molecule has 0 saturated carbocycles. The molecule has 2 aromatic rings. The first-order valence-electron chi connectivity index (χ1n) is 5.04. The summed E-state index contributed by atoms with van der Waals surface area (Å²) in [5, 5.41) is 9.62. The highest BCUT2D eigenvalue weighted by atomic mass is 32.2. The monoisotopic (exact) mass is 236 g/mol. The fourth-order valence-electron chi connectivity index (χ4n) is 1.44. The van der Waals surface area contributed by atoms with E-state index in [1.165, 1.54) is 0 Å². The number of rotatable bonds is 5. The molecule has 2 heterocycles. The Morgan fingerprint density at radius 3 is 3.19 bits per heavy atom. The molecule has 0 aliphatic heterocycles. The fraction of sp³-hybridized carbons (Fsp3) is 0.273. The van der Waals surface area contributed by atoms with Crippen molar-refractivity contribution in [2.75, 3.05) is 5.75 Å². The van der Waals surface area contributed by atoms with Crippen molar-refractivity contribution in [3.05, 3.63) is 30.6 Å². The lowest BCUT2D eigenvalue weighted by Gasteiger charge is -2.03. The van der Waals surface area contributed by atoms with E-state index in [1.807, 2.05) is 28.8 Å². The lowest BCUT2D eigenvalue weighted by Crippen LogP contribution is -1.95. The van der Waals surface area contributed by atoms with Gasteiger partial charge in [-0.3, -0.25) is 9.20 Å². The lowest BCUT2D eigenvalue weighted by atomic mass is 10.3. The van der Waals surface area contributed by atoms with E-state index in [0.717, 1.165) is 16.4 Å². The zero-order valence-electron chi connectivity index (χ0n) is 8.67. The summed E-state index contributed by atoms with van der Waals surface area (Å²) in [4.78, 5) is 14.5. The van der Waals surface area contributed by atoms with Gasteiger partial charge in [0, 0.05) is 18.8 Å². The Morgan fingerprint density at radius 2 is 2.38 bits per heavy atom. The summed E-state index contributed by atoms with van der Waals surface area (Å²) in [5.74, 6) is 0.0743. The zero-order chi connectivity index (χ0) is 11.4. The molecule has 1 N–H and O–H groups in total. The molecule has 0 aromatic carbocycles. The van der Waals surface area contributed by atoms with E-state index in [-0.39, 0.29) is 6.42 Å². The van der Waals surface area contributed by atoms with E-state index < -0.39 is 5.97 Å². The SMILES string of the molecule is O=C(O)CCCSc1cccc2nccn12. The standard InChI is InChI=1S/C11H12N2O2S/c14-11(15)5-2-8-16-10-4-1-3-9-12-6-7-13(9)10/h1,3-4,6-7H,2,5,8H2,(H,14,15). The highest BCUT2D eigenvalue weighted by Crippen LogP contribution is 2.20. The summed E-state index contributed by atoms with van der Waals surface area (Å²) in [6.45, 7) is 0. The number of aromatic nitrogens is 2. The third-order valence-electron chi connectivity index (χ3n) is 2.18. The van der Waals surface area contributed by atoms with E-state index >= 15 is 0 Å². The molecule has 4 nitrogen and oxygen atoms in total. The van der Waals surface area contributed by atoms with Crippen molar-refractivity contribution in [3.63, 3.8) is 0 Å². The molecule has 0 aliphatic rings. The number of fused-ring (bicyclic) bond motifs is 1. The number of hydrogen-bond acceptors (Lipinski definition) is 3. The molecular weight excluding hydrogens is 224 g/mol. The number of carbonyl (C=O) groups is 1. The van der Waals surface area contributed by atoms with E-state index in [4.69, 9.17) is 5.11 Å². The third-order valence-corrected chi connectivity index (χ3v) is 3.30. The molecule has 0 bridgehead atoms. The molecule has 16 heavy (non-hydrogen) atoms. The van der Waals surface area contributed by atoms with Crippen LogP contribution in [0.5, 0.6) is 0 Å². The number of nitrogens with zero attached hydrogens (tertiary/aromatic N) is 2. The van der Waals surface area contributed by atoms with Gasteiger partial charge in [-0.1, -0.05) is 6.07 Å². The van der Waals surface area contributed by atoms with E-state index in [2.05, 4.69) is 4.98 Å². The van der Waals surface area contributed by atoms with Crippen LogP contribution >= 0.6 is 11.8 Å². The van der Waals surface area contributed by atoms with Crippen molar-refractivity contribution in [2.45, 2.75) is 17.9 Å². The smallest absolute Gasteiger partial charge is 0.303 e.